The molecule has 8 heteroatoms. The van der Waals surface area contributed by atoms with Crippen molar-refractivity contribution in [2.75, 3.05) is 0 Å². The average molecular weight is 322 g/mol. The number of rotatable bonds is 5. The first-order valence-corrected chi connectivity index (χ1v) is 7.96. The molecule has 3 N–H and O–H groups in total. The highest BCUT2D eigenvalue weighted by molar-refractivity contribution is 7.89. The highest BCUT2D eigenvalue weighted by atomic mass is 32.2. The zero-order valence-electron chi connectivity index (χ0n) is 11.3. The minimum absolute atomic E-state index is 0.0761. The van der Waals surface area contributed by atoms with Gasteiger partial charge in [-0.15, -0.1) is 0 Å². The zero-order chi connectivity index (χ0) is 15.5. The Morgan fingerprint density at radius 3 is 2.71 bits per heavy atom. The van der Waals surface area contributed by atoms with E-state index in [1.807, 2.05) is 0 Å². The summed E-state index contributed by atoms with van der Waals surface area (Å²) in [4.78, 5) is 0.418. The van der Waals surface area contributed by atoms with Crippen LogP contribution in [0.3, 0.4) is 0 Å². The maximum atomic E-state index is 12.3. The van der Waals surface area contributed by atoms with Gasteiger partial charge >= 0.3 is 0 Å². The molecule has 0 saturated heterocycles. The molecule has 1 aromatic heterocycles. The first-order valence-electron chi connectivity index (χ1n) is 6.07. The Bertz CT molecular complexity index is 761. The molecule has 0 aliphatic rings. The van der Waals surface area contributed by atoms with Crippen LogP contribution in [0.4, 0.5) is 0 Å². The summed E-state index contributed by atoms with van der Waals surface area (Å²) in [6, 6.07) is 8.12. The highest BCUT2D eigenvalue weighted by Crippen LogP contribution is 2.17. The lowest BCUT2D eigenvalue weighted by Crippen LogP contribution is -2.24. The highest BCUT2D eigenvalue weighted by Gasteiger charge is 2.17. The largest absolute Gasteiger partial charge is 0.389 e. The Morgan fingerprint density at radius 1 is 1.38 bits per heavy atom. The quantitative estimate of drug-likeness (QED) is 0.794. The number of hydrogen-bond donors (Lipinski definition) is 2. The van der Waals surface area contributed by atoms with Gasteiger partial charge in [0.05, 0.1) is 17.1 Å². The summed E-state index contributed by atoms with van der Waals surface area (Å²) < 4.78 is 27.1. The lowest BCUT2D eigenvalue weighted by atomic mass is 10.1. The molecule has 1 aromatic carbocycles. The molecule has 1 heterocycles. The third kappa shape index (κ3) is 3.81. The van der Waals surface area contributed by atoms with Crippen LogP contribution >= 0.6 is 12.2 Å². The number of sulfonamides is 1. The van der Waals surface area contributed by atoms with Crippen LogP contribution in [0.2, 0.25) is 0 Å². The summed E-state index contributed by atoms with van der Waals surface area (Å²) in [7, 11) is -3.63. The lowest BCUT2D eigenvalue weighted by Gasteiger charge is -2.10. The van der Waals surface area contributed by atoms with Gasteiger partial charge < -0.3 is 5.73 Å². The average Bonchev–Trinajstić information content (AvgIpc) is 2.46. The SMILES string of the molecule is Cc1cc(C(N)=S)ccc1S(=O)(=O)NCc1cccnn1. The lowest BCUT2D eigenvalue weighted by molar-refractivity contribution is 0.579. The van der Waals surface area contributed by atoms with E-state index in [1.54, 1.807) is 31.2 Å². The monoisotopic (exact) mass is 322 g/mol. The van der Waals surface area contributed by atoms with Crippen molar-refractivity contribution in [3.63, 3.8) is 0 Å². The molecule has 2 rings (SSSR count). The topological polar surface area (TPSA) is 98.0 Å². The molecule has 0 bridgehead atoms. The molecule has 6 nitrogen and oxygen atoms in total. The van der Waals surface area contributed by atoms with E-state index < -0.39 is 10.0 Å². The number of thiocarbonyl (C=S) groups is 1. The fourth-order valence-corrected chi connectivity index (χ4v) is 3.13. The molecule has 0 radical (unpaired) electrons. The molecule has 0 fully saturated rings. The van der Waals surface area contributed by atoms with Gasteiger partial charge in [0.15, 0.2) is 0 Å². The number of aromatic nitrogens is 2. The third-order valence-corrected chi connectivity index (χ3v) is 4.62. The maximum absolute atomic E-state index is 12.3. The van der Waals surface area contributed by atoms with Gasteiger partial charge in [0.2, 0.25) is 10.0 Å². The van der Waals surface area contributed by atoms with Gasteiger partial charge in [-0.1, -0.05) is 18.3 Å². The standard InChI is InChI=1S/C13H14N4O2S2/c1-9-7-10(13(14)20)4-5-12(9)21(18,19)16-8-11-3-2-6-15-17-11/h2-7,16H,8H2,1H3,(H2,14,20). The van der Waals surface area contributed by atoms with Crippen molar-refractivity contribution in [3.8, 4) is 0 Å². The summed E-state index contributed by atoms with van der Waals surface area (Å²) in [6.45, 7) is 1.77. The van der Waals surface area contributed by atoms with Crippen molar-refractivity contribution >= 4 is 27.2 Å². The summed E-state index contributed by atoms with van der Waals surface area (Å²) in [5.41, 5.74) is 7.28. The van der Waals surface area contributed by atoms with Crippen LogP contribution in [0, 0.1) is 6.92 Å². The maximum Gasteiger partial charge on any atom is 0.241 e. The summed E-state index contributed by atoms with van der Waals surface area (Å²) >= 11 is 4.87. The Balaban J connectivity index is 2.22. The van der Waals surface area contributed by atoms with Crippen LogP contribution < -0.4 is 10.5 Å². The number of aryl methyl sites for hydroxylation is 1. The van der Waals surface area contributed by atoms with Gasteiger partial charge in [-0.3, -0.25) is 0 Å². The molecular weight excluding hydrogens is 308 g/mol. The van der Waals surface area contributed by atoms with Crippen molar-refractivity contribution in [1.82, 2.24) is 14.9 Å². The Kier molecular flexibility index (Phi) is 4.61. The second-order valence-electron chi connectivity index (χ2n) is 4.38. The summed E-state index contributed by atoms with van der Waals surface area (Å²) in [5.74, 6) is 0. The molecule has 0 aliphatic carbocycles. The fourth-order valence-electron chi connectivity index (χ4n) is 1.78. The molecule has 0 saturated carbocycles. The van der Waals surface area contributed by atoms with Crippen molar-refractivity contribution in [3.05, 3.63) is 53.3 Å². The predicted octanol–water partition coefficient (Wildman–Crippen LogP) is 0.898. The van der Waals surface area contributed by atoms with Gasteiger partial charge in [0.25, 0.3) is 0 Å². The summed E-state index contributed by atoms with van der Waals surface area (Å²) in [6.07, 6.45) is 1.52. The zero-order valence-corrected chi connectivity index (χ0v) is 12.9. The number of nitrogens with one attached hydrogen (secondary N) is 1. The smallest absolute Gasteiger partial charge is 0.241 e. The Hall–Kier alpha value is -1.90. The summed E-state index contributed by atoms with van der Waals surface area (Å²) in [5, 5.41) is 7.52. The molecule has 0 amide bonds. The van der Waals surface area contributed by atoms with Crippen LogP contribution in [0.1, 0.15) is 16.8 Å². The van der Waals surface area contributed by atoms with E-state index >= 15 is 0 Å². The molecule has 21 heavy (non-hydrogen) atoms. The molecule has 110 valence electrons. The van der Waals surface area contributed by atoms with E-state index in [4.69, 9.17) is 18.0 Å². The Labute approximate surface area is 128 Å². The van der Waals surface area contributed by atoms with E-state index in [2.05, 4.69) is 14.9 Å². The van der Waals surface area contributed by atoms with Crippen LogP contribution in [0.5, 0.6) is 0 Å². The van der Waals surface area contributed by atoms with Gasteiger partial charge in [0, 0.05) is 11.8 Å². The van der Waals surface area contributed by atoms with Crippen LogP contribution in [-0.4, -0.2) is 23.6 Å². The van der Waals surface area contributed by atoms with Crippen LogP contribution in [0.25, 0.3) is 0 Å². The third-order valence-electron chi connectivity index (χ3n) is 2.82. The van der Waals surface area contributed by atoms with Gasteiger partial charge in [-0.25, -0.2) is 13.1 Å². The number of hydrogen-bond acceptors (Lipinski definition) is 5. The number of nitrogens with two attached hydrogens (primary N) is 1. The first kappa shape index (κ1) is 15.5. The number of nitrogens with zero attached hydrogens (tertiary/aromatic N) is 2. The van der Waals surface area contributed by atoms with Gasteiger partial charge in [0.1, 0.15) is 4.99 Å². The van der Waals surface area contributed by atoms with Crippen molar-refractivity contribution in [1.29, 1.82) is 0 Å². The van der Waals surface area contributed by atoms with Gasteiger partial charge in [-0.05, 0) is 36.8 Å². The molecule has 0 unspecified atom stereocenters. The molecule has 0 atom stereocenters. The van der Waals surface area contributed by atoms with E-state index in [9.17, 15) is 8.42 Å². The van der Waals surface area contributed by atoms with Crippen LogP contribution in [-0.2, 0) is 16.6 Å². The molecule has 0 aliphatic heterocycles. The Morgan fingerprint density at radius 2 is 2.14 bits per heavy atom. The van der Waals surface area contributed by atoms with E-state index in [0.29, 0.717) is 16.8 Å². The molecule has 2 aromatic rings. The normalized spacial score (nSPS) is 11.3. The van der Waals surface area contributed by atoms with Crippen molar-refractivity contribution < 1.29 is 8.42 Å². The van der Waals surface area contributed by atoms with Crippen LogP contribution in [0.15, 0.2) is 41.4 Å². The fraction of sp³-hybridized carbons (Fsp3) is 0.154. The number of benzene rings is 1. The van der Waals surface area contributed by atoms with Gasteiger partial charge in [-0.2, -0.15) is 10.2 Å². The first-order chi connectivity index (χ1) is 9.90. The van der Waals surface area contributed by atoms with Crippen molar-refractivity contribution in [2.45, 2.75) is 18.4 Å². The minimum atomic E-state index is -3.63. The predicted molar refractivity (Wildman–Crippen MR) is 83.1 cm³/mol. The molecular formula is C13H14N4O2S2. The second kappa shape index (κ2) is 6.25. The van der Waals surface area contributed by atoms with E-state index in [1.165, 1.54) is 12.3 Å². The minimum Gasteiger partial charge on any atom is -0.389 e. The second-order valence-corrected chi connectivity index (χ2v) is 6.56. The van der Waals surface area contributed by atoms with E-state index in [-0.39, 0.29) is 16.4 Å². The molecule has 0 spiro atoms. The van der Waals surface area contributed by atoms with Crippen molar-refractivity contribution in [2.24, 2.45) is 5.73 Å². The van der Waals surface area contributed by atoms with E-state index in [0.717, 1.165) is 0 Å².